The van der Waals surface area contributed by atoms with Crippen molar-refractivity contribution in [2.45, 2.75) is 31.8 Å². The molecular formula is C11H19NO3. The second kappa shape index (κ2) is 4.94. The molecule has 0 bridgehead atoms. The van der Waals surface area contributed by atoms with Crippen molar-refractivity contribution < 1.29 is 14.3 Å². The van der Waals surface area contributed by atoms with E-state index in [4.69, 9.17) is 15.2 Å². The van der Waals surface area contributed by atoms with Gasteiger partial charge in [0.05, 0.1) is 19.1 Å². The van der Waals surface area contributed by atoms with Crippen molar-refractivity contribution in [2.24, 2.45) is 17.6 Å². The molecule has 1 saturated heterocycles. The first-order valence-corrected chi connectivity index (χ1v) is 5.79. The molecule has 86 valence electrons. The Balaban J connectivity index is 1.83. The molecule has 1 heterocycles. The zero-order valence-corrected chi connectivity index (χ0v) is 8.98. The van der Waals surface area contributed by atoms with Crippen LogP contribution in [0.15, 0.2) is 0 Å². The molecule has 1 saturated carbocycles. The zero-order valence-electron chi connectivity index (χ0n) is 8.98. The lowest BCUT2D eigenvalue weighted by atomic mass is 9.96. The van der Waals surface area contributed by atoms with Gasteiger partial charge in [-0.25, -0.2) is 0 Å². The first-order valence-electron chi connectivity index (χ1n) is 5.79. The molecule has 2 fully saturated rings. The average Bonchev–Trinajstić information content (AvgIpc) is 2.86. The first kappa shape index (κ1) is 10.9. The normalized spacial score (nSPS) is 35.7. The molecule has 15 heavy (non-hydrogen) atoms. The third-order valence-electron chi connectivity index (χ3n) is 3.44. The molecule has 0 spiro atoms. The maximum Gasteiger partial charge on any atom is 0.309 e. The number of hydrogen-bond acceptors (Lipinski definition) is 4. The average molecular weight is 213 g/mol. The maximum absolute atomic E-state index is 11.8. The molecular weight excluding hydrogens is 194 g/mol. The molecule has 0 aromatic carbocycles. The summed E-state index contributed by atoms with van der Waals surface area (Å²) in [6.45, 7) is 1.87. The summed E-state index contributed by atoms with van der Waals surface area (Å²) >= 11 is 0. The van der Waals surface area contributed by atoms with Gasteiger partial charge in [0, 0.05) is 6.42 Å². The van der Waals surface area contributed by atoms with E-state index in [1.807, 2.05) is 0 Å². The largest absolute Gasteiger partial charge is 0.460 e. The first-order chi connectivity index (χ1) is 7.31. The highest BCUT2D eigenvalue weighted by atomic mass is 16.6. The maximum atomic E-state index is 11.8. The molecule has 1 aliphatic heterocycles. The third-order valence-corrected chi connectivity index (χ3v) is 3.44. The van der Waals surface area contributed by atoms with Crippen LogP contribution in [0.25, 0.3) is 0 Å². The monoisotopic (exact) mass is 213 g/mol. The van der Waals surface area contributed by atoms with E-state index in [0.29, 0.717) is 25.7 Å². The minimum Gasteiger partial charge on any atom is -0.460 e. The summed E-state index contributed by atoms with van der Waals surface area (Å²) in [7, 11) is 0. The van der Waals surface area contributed by atoms with Crippen LogP contribution in [-0.2, 0) is 14.3 Å². The summed E-state index contributed by atoms with van der Waals surface area (Å²) in [5.74, 6) is 0.314. The topological polar surface area (TPSA) is 61.6 Å². The van der Waals surface area contributed by atoms with E-state index < -0.39 is 0 Å². The Morgan fingerprint density at radius 2 is 2.27 bits per heavy atom. The van der Waals surface area contributed by atoms with Crippen LogP contribution in [0, 0.1) is 11.8 Å². The number of carbonyl (C=O) groups is 1. The van der Waals surface area contributed by atoms with Crippen LogP contribution in [0.4, 0.5) is 0 Å². The summed E-state index contributed by atoms with van der Waals surface area (Å²) in [6.07, 6.45) is 3.93. The molecule has 4 nitrogen and oxygen atoms in total. The molecule has 3 atom stereocenters. The number of carbonyl (C=O) groups excluding carboxylic acids is 1. The highest BCUT2D eigenvalue weighted by Crippen LogP contribution is 2.32. The molecule has 3 unspecified atom stereocenters. The fourth-order valence-electron chi connectivity index (χ4n) is 2.49. The number of nitrogens with two attached hydrogens (primary N) is 1. The van der Waals surface area contributed by atoms with Crippen LogP contribution < -0.4 is 5.73 Å². The van der Waals surface area contributed by atoms with Crippen LogP contribution in [0.2, 0.25) is 0 Å². The van der Waals surface area contributed by atoms with Gasteiger partial charge in [0.2, 0.25) is 0 Å². The van der Waals surface area contributed by atoms with Crippen LogP contribution >= 0.6 is 0 Å². The Hall–Kier alpha value is -0.610. The highest BCUT2D eigenvalue weighted by Gasteiger charge is 2.34. The van der Waals surface area contributed by atoms with Crippen molar-refractivity contribution >= 4 is 5.97 Å². The second-order valence-electron chi connectivity index (χ2n) is 4.46. The Kier molecular flexibility index (Phi) is 3.59. The van der Waals surface area contributed by atoms with E-state index in [0.717, 1.165) is 25.7 Å². The van der Waals surface area contributed by atoms with Crippen LogP contribution in [0.5, 0.6) is 0 Å². The van der Waals surface area contributed by atoms with E-state index in [1.54, 1.807) is 0 Å². The molecule has 0 aromatic heterocycles. The molecule has 2 rings (SSSR count). The predicted octanol–water partition coefficient (Wildman–Crippen LogP) is 0.694. The van der Waals surface area contributed by atoms with Crippen molar-refractivity contribution in [1.82, 2.24) is 0 Å². The Morgan fingerprint density at radius 1 is 1.40 bits per heavy atom. The molecule has 0 aromatic rings. The van der Waals surface area contributed by atoms with Gasteiger partial charge in [0.25, 0.3) is 0 Å². The summed E-state index contributed by atoms with van der Waals surface area (Å²) in [4.78, 5) is 11.8. The number of ether oxygens (including phenoxy) is 2. The molecule has 4 heteroatoms. The number of esters is 1. The fraction of sp³-hybridized carbons (Fsp3) is 0.909. The van der Waals surface area contributed by atoms with Gasteiger partial charge in [0.15, 0.2) is 0 Å². The van der Waals surface area contributed by atoms with Crippen LogP contribution in [0.3, 0.4) is 0 Å². The minimum atomic E-state index is -0.0570. The lowest BCUT2D eigenvalue weighted by molar-refractivity contribution is -0.155. The lowest BCUT2D eigenvalue weighted by Gasteiger charge is -2.18. The summed E-state index contributed by atoms with van der Waals surface area (Å²) in [5.41, 5.74) is 5.64. The van der Waals surface area contributed by atoms with Gasteiger partial charge in [-0.3, -0.25) is 4.79 Å². The van der Waals surface area contributed by atoms with Crippen molar-refractivity contribution in [3.05, 3.63) is 0 Å². The van der Waals surface area contributed by atoms with Crippen LogP contribution in [0.1, 0.15) is 25.7 Å². The van der Waals surface area contributed by atoms with Gasteiger partial charge in [-0.1, -0.05) is 6.42 Å². The molecule has 0 amide bonds. The Morgan fingerprint density at radius 3 is 2.93 bits per heavy atom. The smallest absolute Gasteiger partial charge is 0.309 e. The molecule has 1 aliphatic carbocycles. The van der Waals surface area contributed by atoms with Gasteiger partial charge >= 0.3 is 5.97 Å². The van der Waals surface area contributed by atoms with E-state index in [9.17, 15) is 4.79 Å². The van der Waals surface area contributed by atoms with Crippen molar-refractivity contribution in [2.75, 3.05) is 19.8 Å². The molecule has 2 N–H and O–H groups in total. The summed E-state index contributed by atoms with van der Waals surface area (Å²) in [5, 5.41) is 0. The molecule has 2 aliphatic rings. The molecule has 0 radical (unpaired) electrons. The number of hydrogen-bond donors (Lipinski definition) is 1. The van der Waals surface area contributed by atoms with Gasteiger partial charge in [-0.2, -0.15) is 0 Å². The van der Waals surface area contributed by atoms with E-state index in [2.05, 4.69) is 0 Å². The lowest BCUT2D eigenvalue weighted by Crippen LogP contribution is -2.30. The van der Waals surface area contributed by atoms with Gasteiger partial charge in [0.1, 0.15) is 6.10 Å². The standard InChI is InChI=1S/C11H19NO3/c12-6-8-2-1-3-10(8)11(13)15-9-4-5-14-7-9/h8-10H,1-7,12H2. The minimum absolute atomic E-state index is 0.0171. The van der Waals surface area contributed by atoms with E-state index >= 15 is 0 Å². The van der Waals surface area contributed by atoms with Gasteiger partial charge < -0.3 is 15.2 Å². The fourth-order valence-corrected chi connectivity index (χ4v) is 2.49. The SMILES string of the molecule is NCC1CCCC1C(=O)OC1CCOC1. The zero-order chi connectivity index (χ0) is 10.7. The summed E-state index contributed by atoms with van der Waals surface area (Å²) in [6, 6.07) is 0. The Bertz CT molecular complexity index is 226. The number of rotatable bonds is 3. The van der Waals surface area contributed by atoms with E-state index in [1.165, 1.54) is 0 Å². The quantitative estimate of drug-likeness (QED) is 0.701. The van der Waals surface area contributed by atoms with Crippen molar-refractivity contribution in [3.8, 4) is 0 Å². The van der Waals surface area contributed by atoms with Crippen LogP contribution in [-0.4, -0.2) is 31.8 Å². The third kappa shape index (κ3) is 2.49. The van der Waals surface area contributed by atoms with E-state index in [-0.39, 0.29) is 18.0 Å². The van der Waals surface area contributed by atoms with Crippen molar-refractivity contribution in [3.63, 3.8) is 0 Å². The highest BCUT2D eigenvalue weighted by molar-refractivity contribution is 5.73. The Labute approximate surface area is 90.1 Å². The van der Waals surface area contributed by atoms with Gasteiger partial charge in [-0.15, -0.1) is 0 Å². The van der Waals surface area contributed by atoms with Gasteiger partial charge in [-0.05, 0) is 25.3 Å². The summed E-state index contributed by atoms with van der Waals surface area (Å²) < 4.78 is 10.6. The van der Waals surface area contributed by atoms with Crippen molar-refractivity contribution in [1.29, 1.82) is 0 Å². The second-order valence-corrected chi connectivity index (χ2v) is 4.46. The predicted molar refractivity (Wildman–Crippen MR) is 55.2 cm³/mol.